The lowest BCUT2D eigenvalue weighted by molar-refractivity contribution is -0.148. The smallest absolute Gasteiger partial charge is 0.332 e. The van der Waals surface area contributed by atoms with Crippen molar-refractivity contribution < 1.29 is 24.2 Å². The number of ether oxygens (including phenoxy) is 1. The highest BCUT2D eigenvalue weighted by Crippen LogP contribution is 2.20. The molecule has 0 bridgehead atoms. The quantitative estimate of drug-likeness (QED) is 0.589. The third kappa shape index (κ3) is 4.73. The molecule has 1 amide bonds. The largest absolute Gasteiger partial charge is 0.480 e. The molecule has 3 N–H and O–H groups in total. The van der Waals surface area contributed by atoms with Gasteiger partial charge in [0.2, 0.25) is 0 Å². The molecule has 0 radical (unpaired) electrons. The second-order valence-corrected chi connectivity index (χ2v) is 4.46. The van der Waals surface area contributed by atoms with Gasteiger partial charge in [0.25, 0.3) is 5.91 Å². The first-order chi connectivity index (χ1) is 9.86. The molecule has 8 heteroatoms. The molecule has 0 aliphatic heterocycles. The van der Waals surface area contributed by atoms with Gasteiger partial charge in [-0.25, -0.2) is 4.79 Å². The van der Waals surface area contributed by atoms with Crippen molar-refractivity contribution in [1.29, 1.82) is 0 Å². The van der Waals surface area contributed by atoms with E-state index < -0.39 is 30.4 Å². The average Bonchev–Trinajstić information content (AvgIpc) is 2.43. The number of hydrogen-bond donors (Lipinski definition) is 2. The van der Waals surface area contributed by atoms with Crippen LogP contribution in [0.25, 0.3) is 0 Å². The lowest BCUT2D eigenvalue weighted by atomic mass is 10.2. The highest BCUT2D eigenvalue weighted by Gasteiger charge is 2.30. The van der Waals surface area contributed by atoms with E-state index in [1.807, 2.05) is 0 Å². The number of carboxylic acid groups (broad SMARTS) is 1. The predicted octanol–water partition coefficient (Wildman–Crippen LogP) is 0.648. The number of nitrogens with zero attached hydrogens (tertiary/aromatic N) is 1. The number of esters is 1. The lowest BCUT2D eigenvalue weighted by Crippen LogP contribution is -2.50. The van der Waals surface area contributed by atoms with Crippen LogP contribution in [0.3, 0.4) is 0 Å². The molecule has 0 fully saturated rings. The standard InChI is InChI=1S/C13H15ClN2O5/c1-2-21-13(20)11(15)12(19)16(7-10(17)18)9-5-3-4-8(14)6-9/h3-6,11H,2,7,15H2,1H3,(H,17,18). The van der Waals surface area contributed by atoms with Crippen molar-refractivity contribution in [3.8, 4) is 0 Å². The van der Waals surface area contributed by atoms with E-state index in [9.17, 15) is 14.4 Å². The molecule has 7 nitrogen and oxygen atoms in total. The minimum atomic E-state index is -1.59. The SMILES string of the molecule is CCOC(=O)C(N)C(=O)N(CC(=O)O)c1cccc(Cl)c1. The van der Waals surface area contributed by atoms with Gasteiger partial charge >= 0.3 is 11.9 Å². The van der Waals surface area contributed by atoms with Crippen LogP contribution in [0.1, 0.15) is 6.92 Å². The lowest BCUT2D eigenvalue weighted by Gasteiger charge is -2.23. The van der Waals surface area contributed by atoms with E-state index in [1.54, 1.807) is 19.1 Å². The van der Waals surface area contributed by atoms with Crippen molar-refractivity contribution in [3.63, 3.8) is 0 Å². The van der Waals surface area contributed by atoms with Crippen molar-refractivity contribution in [2.24, 2.45) is 5.73 Å². The molecule has 0 aromatic heterocycles. The monoisotopic (exact) mass is 314 g/mol. The number of carboxylic acids is 1. The number of aliphatic carboxylic acids is 1. The van der Waals surface area contributed by atoms with Gasteiger partial charge in [-0.05, 0) is 25.1 Å². The van der Waals surface area contributed by atoms with E-state index in [4.69, 9.17) is 22.4 Å². The van der Waals surface area contributed by atoms with Crippen molar-refractivity contribution >= 4 is 35.1 Å². The first-order valence-corrected chi connectivity index (χ1v) is 6.45. The van der Waals surface area contributed by atoms with Gasteiger partial charge < -0.3 is 15.6 Å². The van der Waals surface area contributed by atoms with Gasteiger partial charge in [-0.3, -0.25) is 14.5 Å². The molecule has 0 aliphatic carbocycles. The van der Waals surface area contributed by atoms with Crippen molar-refractivity contribution in [1.82, 2.24) is 0 Å². The van der Waals surface area contributed by atoms with E-state index in [1.165, 1.54) is 12.1 Å². The Labute approximate surface area is 126 Å². The summed E-state index contributed by atoms with van der Waals surface area (Å²) in [5, 5.41) is 9.22. The summed E-state index contributed by atoms with van der Waals surface area (Å²) in [6, 6.07) is 4.42. The number of anilines is 1. The number of carbonyl (C=O) groups excluding carboxylic acids is 2. The van der Waals surface area contributed by atoms with E-state index in [0.717, 1.165) is 4.90 Å². The molecule has 1 aromatic rings. The van der Waals surface area contributed by atoms with Crippen molar-refractivity contribution in [2.45, 2.75) is 13.0 Å². The molecule has 1 unspecified atom stereocenters. The van der Waals surface area contributed by atoms with Gasteiger partial charge in [0.1, 0.15) is 6.54 Å². The molecular formula is C13H15ClN2O5. The van der Waals surface area contributed by atoms with Gasteiger partial charge in [0.15, 0.2) is 6.04 Å². The Bertz CT molecular complexity index is 549. The maximum Gasteiger partial charge on any atom is 0.332 e. The highest BCUT2D eigenvalue weighted by molar-refractivity contribution is 6.31. The number of hydrogen-bond acceptors (Lipinski definition) is 5. The maximum atomic E-state index is 12.2. The van der Waals surface area contributed by atoms with Crippen LogP contribution < -0.4 is 10.6 Å². The minimum Gasteiger partial charge on any atom is -0.480 e. The van der Waals surface area contributed by atoms with Gasteiger partial charge in [-0.15, -0.1) is 0 Å². The summed E-state index contributed by atoms with van der Waals surface area (Å²) in [4.78, 5) is 35.5. The first kappa shape index (κ1) is 16.9. The van der Waals surface area contributed by atoms with Crippen LogP contribution in [0.5, 0.6) is 0 Å². The Morgan fingerprint density at radius 2 is 2.10 bits per heavy atom. The molecule has 114 valence electrons. The summed E-state index contributed by atoms with van der Waals surface area (Å²) < 4.78 is 4.65. The van der Waals surface area contributed by atoms with Crippen molar-refractivity contribution in [3.05, 3.63) is 29.3 Å². The average molecular weight is 315 g/mol. The number of halogens is 1. The molecule has 0 saturated heterocycles. The highest BCUT2D eigenvalue weighted by atomic mass is 35.5. The minimum absolute atomic E-state index is 0.0654. The Balaban J connectivity index is 3.05. The fourth-order valence-corrected chi connectivity index (χ4v) is 1.76. The zero-order chi connectivity index (χ0) is 16.0. The summed E-state index contributed by atoms with van der Waals surface area (Å²) in [5.41, 5.74) is 5.74. The van der Waals surface area contributed by atoms with Gasteiger partial charge in [-0.1, -0.05) is 17.7 Å². The molecule has 1 aromatic carbocycles. The number of benzene rings is 1. The molecule has 1 rings (SSSR count). The van der Waals surface area contributed by atoms with E-state index in [-0.39, 0.29) is 12.3 Å². The molecule has 0 aliphatic rings. The number of nitrogens with two attached hydrogens (primary N) is 1. The van der Waals surface area contributed by atoms with Crippen LogP contribution >= 0.6 is 11.6 Å². The summed E-state index contributed by atoms with van der Waals surface area (Å²) in [6.07, 6.45) is 0. The van der Waals surface area contributed by atoms with Gasteiger partial charge in [0.05, 0.1) is 6.61 Å². The van der Waals surface area contributed by atoms with Crippen LogP contribution in [0.2, 0.25) is 5.02 Å². The van der Waals surface area contributed by atoms with E-state index in [0.29, 0.717) is 5.02 Å². The second kappa shape index (κ2) is 7.61. The Morgan fingerprint density at radius 1 is 1.43 bits per heavy atom. The Kier molecular flexibility index (Phi) is 6.13. The van der Waals surface area contributed by atoms with Gasteiger partial charge in [-0.2, -0.15) is 0 Å². The zero-order valence-corrected chi connectivity index (χ0v) is 12.0. The van der Waals surface area contributed by atoms with Crippen LogP contribution in [0.4, 0.5) is 5.69 Å². The maximum absolute atomic E-state index is 12.2. The fourth-order valence-electron chi connectivity index (χ4n) is 1.58. The fraction of sp³-hybridized carbons (Fsp3) is 0.308. The van der Waals surface area contributed by atoms with Crippen LogP contribution in [-0.4, -0.2) is 42.1 Å². The molecule has 0 saturated carbocycles. The topological polar surface area (TPSA) is 110 Å². The summed E-state index contributed by atoms with van der Waals surface area (Å²) in [5.74, 6) is -3.04. The first-order valence-electron chi connectivity index (χ1n) is 6.07. The Hall–Kier alpha value is -2.12. The summed E-state index contributed by atoms with van der Waals surface area (Å²) in [7, 11) is 0. The third-order valence-electron chi connectivity index (χ3n) is 2.49. The number of carbonyl (C=O) groups is 3. The molecule has 21 heavy (non-hydrogen) atoms. The van der Waals surface area contributed by atoms with Crippen LogP contribution in [0.15, 0.2) is 24.3 Å². The molecular weight excluding hydrogens is 300 g/mol. The zero-order valence-electron chi connectivity index (χ0n) is 11.3. The predicted molar refractivity (Wildman–Crippen MR) is 76.0 cm³/mol. The molecule has 0 heterocycles. The normalized spacial score (nSPS) is 11.6. The third-order valence-corrected chi connectivity index (χ3v) is 2.72. The second-order valence-electron chi connectivity index (χ2n) is 4.03. The summed E-state index contributed by atoms with van der Waals surface area (Å²) >= 11 is 5.81. The molecule has 0 spiro atoms. The van der Waals surface area contributed by atoms with E-state index in [2.05, 4.69) is 4.74 Å². The van der Waals surface area contributed by atoms with Gasteiger partial charge in [0, 0.05) is 10.7 Å². The molecule has 1 atom stereocenters. The summed E-state index contributed by atoms with van der Waals surface area (Å²) in [6.45, 7) is 0.989. The van der Waals surface area contributed by atoms with Crippen LogP contribution in [-0.2, 0) is 19.1 Å². The van der Waals surface area contributed by atoms with Crippen LogP contribution in [0, 0.1) is 0 Å². The van der Waals surface area contributed by atoms with Crippen molar-refractivity contribution in [2.75, 3.05) is 18.1 Å². The number of rotatable bonds is 6. The Morgan fingerprint density at radius 3 is 2.62 bits per heavy atom. The number of amides is 1. The van der Waals surface area contributed by atoms with E-state index >= 15 is 0 Å².